The number of carbonyl (C=O) groups excluding carboxylic acids is 1. The number of ether oxygens (including phenoxy) is 2. The predicted octanol–water partition coefficient (Wildman–Crippen LogP) is 4.98. The van der Waals surface area contributed by atoms with Crippen LogP contribution in [0.5, 0.6) is 5.75 Å². The van der Waals surface area contributed by atoms with E-state index in [0.717, 1.165) is 33.6 Å². The topological polar surface area (TPSA) is 35.5 Å². The van der Waals surface area contributed by atoms with Gasteiger partial charge in [0.25, 0.3) is 0 Å². The Labute approximate surface area is 133 Å². The number of carbonyl (C=O) groups is 1. The van der Waals surface area contributed by atoms with Crippen LogP contribution in [0, 0.1) is 0 Å². The molecule has 0 N–H and O–H groups in total. The van der Waals surface area contributed by atoms with Crippen LogP contribution in [0.2, 0.25) is 0 Å². The molecule has 0 fully saturated rings. The summed E-state index contributed by atoms with van der Waals surface area (Å²) in [6.45, 7) is 5.05. The van der Waals surface area contributed by atoms with E-state index in [2.05, 4.69) is 6.92 Å². The van der Waals surface area contributed by atoms with Gasteiger partial charge in [0.15, 0.2) is 0 Å². The Morgan fingerprint density at radius 3 is 2.81 bits per heavy atom. The Morgan fingerprint density at radius 2 is 2.14 bits per heavy atom. The molecule has 0 amide bonds. The molecule has 0 bridgehead atoms. The lowest BCUT2D eigenvalue weighted by atomic mass is 10.1. The molecule has 1 heterocycles. The average molecular weight is 324 g/mol. The van der Waals surface area contributed by atoms with Gasteiger partial charge in [0.1, 0.15) is 10.6 Å². The largest absolute Gasteiger partial charge is 0.493 e. The molecule has 1 aromatic heterocycles. The lowest BCUT2D eigenvalue weighted by molar-refractivity contribution is 0.0534. The van der Waals surface area contributed by atoms with Gasteiger partial charge >= 0.3 is 5.97 Å². The minimum absolute atomic E-state index is 0.251. The number of hydrogen-bond acceptors (Lipinski definition) is 5. The smallest absolute Gasteiger partial charge is 0.348 e. The van der Waals surface area contributed by atoms with E-state index < -0.39 is 0 Å². The van der Waals surface area contributed by atoms with Crippen LogP contribution in [-0.4, -0.2) is 25.4 Å². The molecule has 5 heteroatoms. The van der Waals surface area contributed by atoms with Crippen LogP contribution < -0.4 is 4.74 Å². The summed E-state index contributed by atoms with van der Waals surface area (Å²) < 4.78 is 12.1. The molecule has 0 atom stereocenters. The van der Waals surface area contributed by atoms with Crippen LogP contribution in [0.15, 0.2) is 22.4 Å². The normalized spacial score (nSPS) is 10.8. The van der Waals surface area contributed by atoms with Gasteiger partial charge in [-0.25, -0.2) is 4.79 Å². The van der Waals surface area contributed by atoms with Gasteiger partial charge in [-0.05, 0) is 25.7 Å². The maximum absolute atomic E-state index is 12.1. The molecule has 0 saturated heterocycles. The lowest BCUT2D eigenvalue weighted by Gasteiger charge is -2.08. The fourth-order valence-corrected chi connectivity index (χ4v) is 3.99. The van der Waals surface area contributed by atoms with E-state index >= 15 is 0 Å². The number of benzene rings is 1. The number of rotatable bonds is 7. The molecule has 0 radical (unpaired) electrons. The highest BCUT2D eigenvalue weighted by Gasteiger charge is 2.20. The number of thiophene rings is 1. The van der Waals surface area contributed by atoms with E-state index in [1.165, 1.54) is 11.3 Å². The van der Waals surface area contributed by atoms with Crippen LogP contribution in [0.3, 0.4) is 0 Å². The molecule has 1 aromatic carbocycles. The summed E-state index contributed by atoms with van der Waals surface area (Å²) in [5, 5.41) is 1.96. The number of unbranched alkanes of at least 4 members (excludes halogenated alkanes) is 1. The van der Waals surface area contributed by atoms with Crippen LogP contribution in [0.25, 0.3) is 10.8 Å². The minimum atomic E-state index is -0.251. The SMILES string of the molecule is CCCCOc1cccc2c(C(=O)OCC)sc(SC)c12. The third-order valence-electron chi connectivity index (χ3n) is 3.07. The van der Waals surface area contributed by atoms with Crippen LogP contribution in [0.1, 0.15) is 36.4 Å². The number of thioether (sulfide) groups is 1. The Morgan fingerprint density at radius 1 is 1.33 bits per heavy atom. The van der Waals surface area contributed by atoms with Gasteiger partial charge in [-0.15, -0.1) is 23.1 Å². The van der Waals surface area contributed by atoms with Gasteiger partial charge in [0, 0.05) is 10.8 Å². The third-order valence-corrected chi connectivity index (χ3v) is 5.38. The van der Waals surface area contributed by atoms with Crippen molar-refractivity contribution in [1.29, 1.82) is 0 Å². The number of hydrogen-bond donors (Lipinski definition) is 0. The molecule has 0 aliphatic heterocycles. The average Bonchev–Trinajstić information content (AvgIpc) is 2.87. The van der Waals surface area contributed by atoms with Crippen molar-refractivity contribution in [2.75, 3.05) is 19.5 Å². The van der Waals surface area contributed by atoms with Crippen molar-refractivity contribution in [1.82, 2.24) is 0 Å². The van der Waals surface area contributed by atoms with Crippen LogP contribution >= 0.6 is 23.1 Å². The maximum atomic E-state index is 12.1. The molecule has 0 saturated carbocycles. The van der Waals surface area contributed by atoms with E-state index in [0.29, 0.717) is 18.1 Å². The minimum Gasteiger partial charge on any atom is -0.493 e. The molecule has 114 valence electrons. The van der Waals surface area contributed by atoms with Gasteiger partial charge < -0.3 is 9.47 Å². The Bertz CT molecular complexity index is 619. The molecule has 3 nitrogen and oxygen atoms in total. The first-order valence-electron chi connectivity index (χ1n) is 7.12. The molecule has 0 unspecified atom stereocenters. The monoisotopic (exact) mass is 324 g/mol. The highest BCUT2D eigenvalue weighted by atomic mass is 32.2. The zero-order valence-electron chi connectivity index (χ0n) is 12.6. The zero-order chi connectivity index (χ0) is 15.2. The maximum Gasteiger partial charge on any atom is 0.348 e. The summed E-state index contributed by atoms with van der Waals surface area (Å²) in [4.78, 5) is 12.8. The predicted molar refractivity (Wildman–Crippen MR) is 90.0 cm³/mol. The molecule has 21 heavy (non-hydrogen) atoms. The summed E-state index contributed by atoms with van der Waals surface area (Å²) in [5.41, 5.74) is 0. The van der Waals surface area contributed by atoms with E-state index in [9.17, 15) is 4.79 Å². The summed E-state index contributed by atoms with van der Waals surface area (Å²) in [5.74, 6) is 0.607. The van der Waals surface area contributed by atoms with E-state index in [-0.39, 0.29) is 5.97 Å². The first-order chi connectivity index (χ1) is 10.2. The number of fused-ring (bicyclic) bond motifs is 1. The molecule has 2 aromatic rings. The van der Waals surface area contributed by atoms with Gasteiger partial charge in [0.2, 0.25) is 0 Å². The van der Waals surface area contributed by atoms with Gasteiger partial charge in [0.05, 0.1) is 17.4 Å². The first-order valence-corrected chi connectivity index (χ1v) is 9.16. The molecule has 0 spiro atoms. The second kappa shape index (κ2) is 7.71. The van der Waals surface area contributed by atoms with Gasteiger partial charge in [-0.1, -0.05) is 25.5 Å². The fraction of sp³-hybridized carbons (Fsp3) is 0.438. The second-order valence-electron chi connectivity index (χ2n) is 4.52. The molecule has 2 rings (SSSR count). The highest BCUT2D eigenvalue weighted by Crippen LogP contribution is 2.42. The Balaban J connectivity index is 2.45. The van der Waals surface area contributed by atoms with Crippen molar-refractivity contribution in [2.45, 2.75) is 30.9 Å². The van der Waals surface area contributed by atoms with E-state index in [1.54, 1.807) is 11.8 Å². The summed E-state index contributed by atoms with van der Waals surface area (Å²) >= 11 is 3.12. The molecule has 0 aliphatic rings. The third kappa shape index (κ3) is 3.52. The number of esters is 1. The van der Waals surface area contributed by atoms with Gasteiger partial charge in [-0.2, -0.15) is 0 Å². The zero-order valence-corrected chi connectivity index (χ0v) is 14.2. The first kappa shape index (κ1) is 16.2. The lowest BCUT2D eigenvalue weighted by Crippen LogP contribution is -2.02. The van der Waals surface area contributed by atoms with Crippen molar-refractivity contribution < 1.29 is 14.3 Å². The molecular formula is C16H20O3S2. The quantitative estimate of drug-likeness (QED) is 0.409. The van der Waals surface area contributed by atoms with Crippen molar-refractivity contribution in [2.24, 2.45) is 0 Å². The molecular weight excluding hydrogens is 304 g/mol. The Hall–Kier alpha value is -1.20. The Kier molecular flexibility index (Phi) is 5.94. The van der Waals surface area contributed by atoms with Gasteiger partial charge in [-0.3, -0.25) is 0 Å². The summed E-state index contributed by atoms with van der Waals surface area (Å²) in [7, 11) is 0. The molecule has 0 aliphatic carbocycles. The highest BCUT2D eigenvalue weighted by molar-refractivity contribution is 8.00. The fourth-order valence-electron chi connectivity index (χ4n) is 2.07. The van der Waals surface area contributed by atoms with Crippen molar-refractivity contribution in [3.63, 3.8) is 0 Å². The van der Waals surface area contributed by atoms with E-state index in [1.807, 2.05) is 31.4 Å². The standard InChI is InChI=1S/C16H20O3S2/c1-4-6-10-19-12-9-7-8-11-13(12)16(20-3)21-14(11)15(17)18-5-2/h7-9H,4-6,10H2,1-3H3. The van der Waals surface area contributed by atoms with E-state index in [4.69, 9.17) is 9.47 Å². The second-order valence-corrected chi connectivity index (χ2v) is 6.62. The van der Waals surface area contributed by atoms with Crippen molar-refractivity contribution in [3.05, 3.63) is 23.1 Å². The summed E-state index contributed by atoms with van der Waals surface area (Å²) in [6.07, 6.45) is 4.14. The van der Waals surface area contributed by atoms with Crippen LogP contribution in [-0.2, 0) is 4.74 Å². The van der Waals surface area contributed by atoms with Crippen molar-refractivity contribution in [3.8, 4) is 5.75 Å². The van der Waals surface area contributed by atoms with Crippen molar-refractivity contribution >= 4 is 39.8 Å². The summed E-state index contributed by atoms with van der Waals surface area (Å²) in [6, 6.07) is 5.87. The van der Waals surface area contributed by atoms with Crippen LogP contribution in [0.4, 0.5) is 0 Å².